The van der Waals surface area contributed by atoms with Crippen LogP contribution in [0.4, 0.5) is 11.4 Å². The van der Waals surface area contributed by atoms with E-state index >= 15 is 0 Å². The van der Waals surface area contributed by atoms with Crippen molar-refractivity contribution in [2.45, 2.75) is 39.2 Å². The maximum atomic E-state index is 11.0. The molecule has 2 rings (SSSR count). The molecule has 0 radical (unpaired) electrons. The van der Waals surface area contributed by atoms with Gasteiger partial charge < -0.3 is 5.32 Å². The first-order valence-corrected chi connectivity index (χ1v) is 7.10. The Morgan fingerprint density at radius 3 is 2.48 bits per heavy atom. The smallest absolute Gasteiger partial charge is 0.280 e. The minimum atomic E-state index is -0.620. The molecule has 1 aliphatic rings. The molecule has 1 aromatic carbocycles. The molecule has 0 bridgehead atoms. The first kappa shape index (κ1) is 15.4. The van der Waals surface area contributed by atoms with Gasteiger partial charge in [0.1, 0.15) is 0 Å². The molecule has 0 saturated heterocycles. The second-order valence-corrected chi connectivity index (χ2v) is 5.68. The number of benzene rings is 1. The van der Waals surface area contributed by atoms with Crippen LogP contribution < -0.4 is 5.32 Å². The van der Waals surface area contributed by atoms with E-state index in [1.165, 1.54) is 31.4 Å². The summed E-state index contributed by atoms with van der Waals surface area (Å²) in [6.07, 6.45) is 4.72. The summed E-state index contributed by atoms with van der Waals surface area (Å²) in [5, 5.41) is 25.0. The third-order valence-electron chi connectivity index (χ3n) is 4.03. The van der Waals surface area contributed by atoms with Crippen molar-refractivity contribution in [1.29, 1.82) is 0 Å². The molecule has 1 saturated carbocycles. The number of hydrogen-bond acceptors (Lipinski definition) is 5. The number of nitrogens with one attached hydrogen (secondary N) is 1. The maximum Gasteiger partial charge on any atom is 0.280 e. The van der Waals surface area contributed by atoms with E-state index in [4.69, 9.17) is 0 Å². The van der Waals surface area contributed by atoms with Gasteiger partial charge in [-0.15, -0.1) is 0 Å². The molecule has 0 unspecified atom stereocenters. The highest BCUT2D eigenvalue weighted by Crippen LogP contribution is 2.49. The Morgan fingerprint density at radius 2 is 1.95 bits per heavy atom. The Bertz CT molecular complexity index is 555. The van der Waals surface area contributed by atoms with Crippen molar-refractivity contribution in [3.63, 3.8) is 0 Å². The van der Waals surface area contributed by atoms with Gasteiger partial charge >= 0.3 is 0 Å². The number of non-ortho nitro benzene ring substituents is 1. The maximum absolute atomic E-state index is 11.0. The molecule has 0 aromatic heterocycles. The second kappa shape index (κ2) is 6.17. The molecular weight excluding hydrogens is 274 g/mol. The summed E-state index contributed by atoms with van der Waals surface area (Å²) in [6, 6.07) is 3.79. The Balaban J connectivity index is 2.02. The van der Waals surface area contributed by atoms with E-state index in [-0.39, 0.29) is 11.4 Å². The van der Waals surface area contributed by atoms with Crippen LogP contribution in [0, 0.1) is 25.6 Å². The van der Waals surface area contributed by atoms with Gasteiger partial charge in [-0.25, -0.2) is 0 Å². The van der Waals surface area contributed by atoms with Crippen molar-refractivity contribution < 1.29 is 9.85 Å². The average molecular weight is 293 g/mol. The molecule has 1 aliphatic carbocycles. The molecule has 7 heteroatoms. The van der Waals surface area contributed by atoms with E-state index < -0.39 is 9.85 Å². The molecule has 21 heavy (non-hydrogen) atoms. The first-order chi connectivity index (χ1) is 9.97. The summed E-state index contributed by atoms with van der Waals surface area (Å²) < 4.78 is 0. The Morgan fingerprint density at radius 1 is 1.24 bits per heavy atom. The molecule has 0 aliphatic heterocycles. The first-order valence-electron chi connectivity index (χ1n) is 7.10. The predicted molar refractivity (Wildman–Crippen MR) is 78.0 cm³/mol. The largest absolute Gasteiger partial charge is 0.312 e. The van der Waals surface area contributed by atoms with Gasteiger partial charge in [-0.2, -0.15) is 0 Å². The summed E-state index contributed by atoms with van der Waals surface area (Å²) in [6.45, 7) is 3.36. The van der Waals surface area contributed by atoms with Crippen molar-refractivity contribution in [3.8, 4) is 0 Å². The number of hydrogen-bond donors (Lipinski definition) is 1. The number of nitro groups is 2. The van der Waals surface area contributed by atoms with Crippen LogP contribution >= 0.6 is 0 Å². The third kappa shape index (κ3) is 3.75. The van der Waals surface area contributed by atoms with Gasteiger partial charge in [-0.3, -0.25) is 20.2 Å². The highest BCUT2D eigenvalue weighted by molar-refractivity contribution is 5.49. The van der Waals surface area contributed by atoms with E-state index in [0.717, 1.165) is 19.0 Å². The number of rotatable bonds is 8. The van der Waals surface area contributed by atoms with Gasteiger partial charge in [-0.05, 0) is 30.7 Å². The Labute approximate surface area is 122 Å². The normalized spacial score (nSPS) is 15.7. The van der Waals surface area contributed by atoms with Gasteiger partial charge in [0.2, 0.25) is 0 Å². The van der Waals surface area contributed by atoms with Crippen LogP contribution in [0.3, 0.4) is 0 Å². The van der Waals surface area contributed by atoms with Gasteiger partial charge in [0.05, 0.1) is 15.9 Å². The third-order valence-corrected chi connectivity index (χ3v) is 4.03. The predicted octanol–water partition coefficient (Wildman–Crippen LogP) is 3.17. The van der Waals surface area contributed by atoms with Crippen LogP contribution in [0.1, 0.15) is 38.2 Å². The average Bonchev–Trinajstić information content (AvgIpc) is 3.19. The molecule has 1 aromatic rings. The molecule has 0 heterocycles. The minimum Gasteiger partial charge on any atom is -0.312 e. The molecule has 0 amide bonds. The lowest BCUT2D eigenvalue weighted by molar-refractivity contribution is -0.394. The lowest BCUT2D eigenvalue weighted by Crippen LogP contribution is -2.23. The van der Waals surface area contributed by atoms with Crippen LogP contribution in [0.5, 0.6) is 0 Å². The summed E-state index contributed by atoms with van der Waals surface area (Å²) in [4.78, 5) is 20.5. The van der Waals surface area contributed by atoms with Crippen molar-refractivity contribution in [3.05, 3.63) is 44.0 Å². The number of nitro benzene ring substituents is 2. The second-order valence-electron chi connectivity index (χ2n) is 5.68. The van der Waals surface area contributed by atoms with Gasteiger partial charge in [-0.1, -0.05) is 13.3 Å². The van der Waals surface area contributed by atoms with Gasteiger partial charge in [0.25, 0.3) is 11.4 Å². The standard InChI is InChI=1S/C14H19N3O4/c1-2-5-14(6-7-14)10-15-9-11-3-4-12(16(18)19)8-13(11)17(20)21/h3-4,8,15H,2,5-7,9-10H2,1H3. The highest BCUT2D eigenvalue weighted by Gasteiger charge is 2.40. The van der Waals surface area contributed by atoms with Crippen LogP contribution in [-0.4, -0.2) is 16.4 Å². The fourth-order valence-corrected chi connectivity index (χ4v) is 2.67. The van der Waals surface area contributed by atoms with Gasteiger partial charge in [0.15, 0.2) is 0 Å². The zero-order valence-electron chi connectivity index (χ0n) is 12.0. The molecule has 0 atom stereocenters. The van der Waals surface area contributed by atoms with E-state index in [0.29, 0.717) is 17.5 Å². The molecule has 7 nitrogen and oxygen atoms in total. The van der Waals surface area contributed by atoms with Crippen molar-refractivity contribution in [1.82, 2.24) is 5.32 Å². The molecule has 1 N–H and O–H groups in total. The van der Waals surface area contributed by atoms with Crippen LogP contribution in [0.15, 0.2) is 18.2 Å². The summed E-state index contributed by atoms with van der Waals surface area (Å²) in [7, 11) is 0. The van der Waals surface area contributed by atoms with Crippen molar-refractivity contribution in [2.24, 2.45) is 5.41 Å². The van der Waals surface area contributed by atoms with E-state index in [9.17, 15) is 20.2 Å². The fourth-order valence-electron chi connectivity index (χ4n) is 2.67. The molecule has 114 valence electrons. The van der Waals surface area contributed by atoms with E-state index in [1.54, 1.807) is 0 Å². The summed E-state index contributed by atoms with van der Waals surface area (Å²) in [5.41, 5.74) is 0.398. The van der Waals surface area contributed by atoms with Crippen molar-refractivity contribution >= 4 is 11.4 Å². The fraction of sp³-hybridized carbons (Fsp3) is 0.571. The Kier molecular flexibility index (Phi) is 4.52. The lowest BCUT2D eigenvalue weighted by Gasteiger charge is -2.14. The lowest BCUT2D eigenvalue weighted by atomic mass is 10.0. The van der Waals surface area contributed by atoms with Gasteiger partial charge in [0, 0.05) is 24.7 Å². The van der Waals surface area contributed by atoms with Crippen LogP contribution in [0.25, 0.3) is 0 Å². The van der Waals surface area contributed by atoms with Crippen LogP contribution in [0.2, 0.25) is 0 Å². The monoisotopic (exact) mass is 293 g/mol. The zero-order valence-corrected chi connectivity index (χ0v) is 12.0. The SMILES string of the molecule is CCCC1(CNCc2ccc([N+](=O)[O-])cc2[N+](=O)[O-])CC1. The van der Waals surface area contributed by atoms with E-state index in [1.807, 2.05) is 0 Å². The highest BCUT2D eigenvalue weighted by atomic mass is 16.6. The summed E-state index contributed by atoms with van der Waals surface area (Å²) in [5.74, 6) is 0. The minimum absolute atomic E-state index is 0.197. The number of nitrogens with zero attached hydrogens (tertiary/aromatic N) is 2. The molecule has 1 fully saturated rings. The molecular formula is C14H19N3O4. The van der Waals surface area contributed by atoms with Crippen molar-refractivity contribution in [2.75, 3.05) is 6.54 Å². The summed E-state index contributed by atoms with van der Waals surface area (Å²) >= 11 is 0. The topological polar surface area (TPSA) is 98.3 Å². The molecule has 0 spiro atoms. The van der Waals surface area contributed by atoms with Crippen LogP contribution in [-0.2, 0) is 6.54 Å². The quantitative estimate of drug-likeness (QED) is 0.586. The Hall–Kier alpha value is -2.02. The van der Waals surface area contributed by atoms with E-state index in [2.05, 4.69) is 12.2 Å². The zero-order chi connectivity index (χ0) is 15.5.